The minimum Gasteiger partial charge on any atom is -0.494 e. The van der Waals surface area contributed by atoms with Gasteiger partial charge < -0.3 is 10.1 Å². The molecule has 2 rings (SSSR count). The molecular formula is C21H28N2O4S. The van der Waals surface area contributed by atoms with Crippen molar-refractivity contribution in [3.05, 3.63) is 65.7 Å². The molecule has 6 nitrogen and oxygen atoms in total. The third-order valence-corrected chi connectivity index (χ3v) is 5.68. The number of benzene rings is 2. The minimum atomic E-state index is -3.52. The number of aryl methyl sites for hydroxylation is 1. The Kier molecular flexibility index (Phi) is 8.02. The third-order valence-electron chi connectivity index (χ3n) is 4.43. The molecule has 0 heterocycles. The number of amides is 1. The molecule has 0 saturated heterocycles. The molecule has 0 spiro atoms. The van der Waals surface area contributed by atoms with E-state index >= 15 is 0 Å². The Morgan fingerprint density at radius 1 is 1.11 bits per heavy atom. The lowest BCUT2D eigenvalue weighted by atomic mass is 10.1. The van der Waals surface area contributed by atoms with Crippen molar-refractivity contribution in [1.29, 1.82) is 0 Å². The fourth-order valence-electron chi connectivity index (χ4n) is 2.87. The number of likely N-dealkylation sites (N-methyl/N-ethyl adjacent to an activating group) is 1. The van der Waals surface area contributed by atoms with Gasteiger partial charge in [0.2, 0.25) is 15.9 Å². The molecule has 0 fully saturated rings. The molecule has 0 saturated carbocycles. The second kappa shape index (κ2) is 10.2. The lowest BCUT2D eigenvalue weighted by molar-refractivity contribution is -0.124. The first-order chi connectivity index (χ1) is 13.3. The first kappa shape index (κ1) is 21.9. The summed E-state index contributed by atoms with van der Waals surface area (Å²) in [6.07, 6.45) is 2.66. The summed E-state index contributed by atoms with van der Waals surface area (Å²) >= 11 is 0. The molecule has 7 heteroatoms. The number of carbonyl (C=O) groups is 1. The molecule has 0 aliphatic rings. The Morgan fingerprint density at radius 3 is 2.32 bits per heavy atom. The molecule has 2 aromatic carbocycles. The van der Waals surface area contributed by atoms with Gasteiger partial charge in [-0.25, -0.2) is 8.42 Å². The summed E-state index contributed by atoms with van der Waals surface area (Å²) in [5.74, 6) is 0.514. The van der Waals surface area contributed by atoms with Gasteiger partial charge in [-0.3, -0.25) is 4.79 Å². The van der Waals surface area contributed by atoms with Gasteiger partial charge in [-0.15, -0.1) is 0 Å². The van der Waals surface area contributed by atoms with Crippen LogP contribution in [0.1, 0.15) is 30.5 Å². The number of rotatable bonds is 10. The van der Waals surface area contributed by atoms with E-state index in [-0.39, 0.29) is 5.91 Å². The number of hydrogen-bond donors (Lipinski definition) is 1. The molecule has 0 radical (unpaired) electrons. The van der Waals surface area contributed by atoms with Crippen molar-refractivity contribution in [3.63, 3.8) is 0 Å². The average molecular weight is 405 g/mol. The predicted molar refractivity (Wildman–Crippen MR) is 111 cm³/mol. The Morgan fingerprint density at radius 2 is 1.75 bits per heavy atom. The molecule has 1 N–H and O–H groups in total. The number of carbonyl (C=O) groups excluding carboxylic acids is 1. The van der Waals surface area contributed by atoms with Crippen molar-refractivity contribution >= 4 is 15.9 Å². The maximum Gasteiger partial charge on any atom is 0.242 e. The molecule has 0 unspecified atom stereocenters. The number of nitrogens with one attached hydrogen (secondary N) is 1. The summed E-state index contributed by atoms with van der Waals surface area (Å²) in [6, 6.07) is 15.9. The van der Waals surface area contributed by atoms with Crippen LogP contribution in [0.4, 0.5) is 0 Å². The van der Waals surface area contributed by atoms with Crippen LogP contribution in [0.15, 0.2) is 54.6 Å². The maximum atomic E-state index is 12.7. The summed E-state index contributed by atoms with van der Waals surface area (Å²) in [4.78, 5) is 12.7. The van der Waals surface area contributed by atoms with Crippen LogP contribution >= 0.6 is 0 Å². The van der Waals surface area contributed by atoms with Crippen molar-refractivity contribution in [2.45, 2.75) is 25.8 Å². The van der Waals surface area contributed by atoms with Gasteiger partial charge in [0, 0.05) is 13.6 Å². The first-order valence-corrected chi connectivity index (χ1v) is 11.1. The molecule has 0 aromatic heterocycles. The molecule has 0 aliphatic carbocycles. The van der Waals surface area contributed by atoms with E-state index in [9.17, 15) is 13.2 Å². The standard InChI is InChI=1S/C21H28N2O4S/c1-4-27-19-14-12-17(13-15-19)9-8-16-22-21(24)20(23(2)28(3,25)26)18-10-6-5-7-11-18/h5-7,10-15,20H,4,8-9,16H2,1-3H3,(H,22,24)/t20-/m0/s1. The zero-order valence-electron chi connectivity index (χ0n) is 16.6. The molecule has 0 aliphatic heterocycles. The van der Waals surface area contributed by atoms with Gasteiger partial charge in [-0.2, -0.15) is 4.31 Å². The van der Waals surface area contributed by atoms with Gasteiger partial charge in [0.05, 0.1) is 12.9 Å². The highest BCUT2D eigenvalue weighted by molar-refractivity contribution is 7.88. The van der Waals surface area contributed by atoms with Crippen LogP contribution in [0.3, 0.4) is 0 Å². The molecule has 152 valence electrons. The largest absolute Gasteiger partial charge is 0.494 e. The summed E-state index contributed by atoms with van der Waals surface area (Å²) in [6.45, 7) is 3.05. The highest BCUT2D eigenvalue weighted by atomic mass is 32.2. The maximum absolute atomic E-state index is 12.7. The lowest BCUT2D eigenvalue weighted by Crippen LogP contribution is -2.41. The highest BCUT2D eigenvalue weighted by Crippen LogP contribution is 2.22. The van der Waals surface area contributed by atoms with E-state index in [1.54, 1.807) is 24.3 Å². The predicted octanol–water partition coefficient (Wildman–Crippen LogP) is 2.77. The van der Waals surface area contributed by atoms with Gasteiger partial charge in [0.1, 0.15) is 11.8 Å². The minimum absolute atomic E-state index is 0.328. The van der Waals surface area contributed by atoms with Crippen molar-refractivity contribution in [2.24, 2.45) is 0 Å². The second-order valence-corrected chi connectivity index (χ2v) is 8.61. The Balaban J connectivity index is 1.94. The normalized spacial score (nSPS) is 12.6. The number of hydrogen-bond acceptors (Lipinski definition) is 4. The fourth-order valence-corrected chi connectivity index (χ4v) is 3.47. The van der Waals surface area contributed by atoms with Crippen molar-refractivity contribution in [3.8, 4) is 5.75 Å². The van der Waals surface area contributed by atoms with E-state index in [0.717, 1.165) is 34.7 Å². The number of ether oxygens (including phenoxy) is 1. The summed E-state index contributed by atoms with van der Waals surface area (Å²) in [7, 11) is -2.09. The Labute approximate surface area is 167 Å². The molecule has 2 aromatic rings. The van der Waals surface area contributed by atoms with Gasteiger partial charge in [0.25, 0.3) is 0 Å². The molecular weight excluding hydrogens is 376 g/mol. The van der Waals surface area contributed by atoms with Crippen molar-refractivity contribution in [2.75, 3.05) is 26.5 Å². The van der Waals surface area contributed by atoms with Crippen LogP contribution < -0.4 is 10.1 Å². The molecule has 1 atom stereocenters. The van der Waals surface area contributed by atoms with Gasteiger partial charge in [-0.1, -0.05) is 42.5 Å². The zero-order chi connectivity index (χ0) is 20.6. The smallest absolute Gasteiger partial charge is 0.242 e. The first-order valence-electron chi connectivity index (χ1n) is 9.30. The summed E-state index contributed by atoms with van der Waals surface area (Å²) in [5, 5.41) is 2.87. The Hall–Kier alpha value is -2.38. The van der Waals surface area contributed by atoms with E-state index in [1.165, 1.54) is 7.05 Å². The van der Waals surface area contributed by atoms with Gasteiger partial charge >= 0.3 is 0 Å². The van der Waals surface area contributed by atoms with E-state index in [1.807, 2.05) is 37.3 Å². The SMILES string of the molecule is CCOc1ccc(CCCNC(=O)[C@H](c2ccccc2)N(C)S(C)(=O)=O)cc1. The number of nitrogens with zero attached hydrogens (tertiary/aromatic N) is 1. The van der Waals surface area contributed by atoms with Crippen LogP contribution in [0.25, 0.3) is 0 Å². The van der Waals surface area contributed by atoms with E-state index in [0.29, 0.717) is 18.7 Å². The van der Waals surface area contributed by atoms with Crippen LogP contribution in [-0.4, -0.2) is 45.1 Å². The van der Waals surface area contributed by atoms with E-state index < -0.39 is 16.1 Å². The van der Waals surface area contributed by atoms with Crippen LogP contribution in [0.2, 0.25) is 0 Å². The van der Waals surface area contributed by atoms with Gasteiger partial charge in [0.15, 0.2) is 0 Å². The average Bonchev–Trinajstić information content (AvgIpc) is 2.67. The summed E-state index contributed by atoms with van der Waals surface area (Å²) in [5.41, 5.74) is 1.80. The van der Waals surface area contributed by atoms with Crippen LogP contribution in [-0.2, 0) is 21.2 Å². The van der Waals surface area contributed by atoms with Crippen molar-refractivity contribution < 1.29 is 17.9 Å². The van der Waals surface area contributed by atoms with Crippen LogP contribution in [0, 0.1) is 0 Å². The fraction of sp³-hybridized carbons (Fsp3) is 0.381. The molecule has 0 bridgehead atoms. The van der Waals surface area contributed by atoms with Gasteiger partial charge in [-0.05, 0) is 43.0 Å². The monoisotopic (exact) mass is 404 g/mol. The Bertz CT molecular complexity index is 852. The molecule has 1 amide bonds. The van der Waals surface area contributed by atoms with E-state index in [4.69, 9.17) is 4.74 Å². The number of sulfonamides is 1. The van der Waals surface area contributed by atoms with E-state index in [2.05, 4.69) is 5.32 Å². The molecule has 28 heavy (non-hydrogen) atoms. The highest BCUT2D eigenvalue weighted by Gasteiger charge is 2.30. The lowest BCUT2D eigenvalue weighted by Gasteiger charge is -2.25. The quantitative estimate of drug-likeness (QED) is 0.618. The summed E-state index contributed by atoms with van der Waals surface area (Å²) < 4.78 is 30.5. The van der Waals surface area contributed by atoms with Crippen molar-refractivity contribution in [1.82, 2.24) is 9.62 Å². The zero-order valence-corrected chi connectivity index (χ0v) is 17.4. The second-order valence-electron chi connectivity index (χ2n) is 6.56. The topological polar surface area (TPSA) is 75.7 Å². The third kappa shape index (κ3) is 6.35. The van der Waals surface area contributed by atoms with Crippen LogP contribution in [0.5, 0.6) is 5.75 Å².